The molecule has 0 bridgehead atoms. The topological polar surface area (TPSA) is 78.9 Å². The third-order valence-corrected chi connectivity index (χ3v) is 9.29. The normalized spacial score (nSPS) is 11.9. The number of hydrogen-bond donors (Lipinski definition) is 0. The molecule has 1 atom stereocenters. The lowest BCUT2D eigenvalue weighted by Crippen LogP contribution is -2.30. The Morgan fingerprint density at radius 2 is 0.688 bits per heavy atom. The Bertz CT molecular complexity index is 721. The van der Waals surface area contributed by atoms with Crippen molar-refractivity contribution < 1.29 is 28.6 Å². The zero-order chi connectivity index (χ0) is 35.3. The van der Waals surface area contributed by atoms with Gasteiger partial charge in [0, 0.05) is 19.3 Å². The first-order valence-corrected chi connectivity index (χ1v) is 20.9. The van der Waals surface area contributed by atoms with Gasteiger partial charge < -0.3 is 14.2 Å². The van der Waals surface area contributed by atoms with Gasteiger partial charge in [-0.25, -0.2) is 0 Å². The van der Waals surface area contributed by atoms with Gasteiger partial charge >= 0.3 is 17.9 Å². The molecule has 0 spiro atoms. The molecule has 0 heterocycles. The van der Waals surface area contributed by atoms with Crippen LogP contribution < -0.4 is 0 Å². The summed E-state index contributed by atoms with van der Waals surface area (Å²) in [6.07, 6.45) is 33.8. The van der Waals surface area contributed by atoms with Gasteiger partial charge in [-0.05, 0) is 25.2 Å². The first-order chi connectivity index (χ1) is 23.4. The highest BCUT2D eigenvalue weighted by Gasteiger charge is 2.19. The molecule has 0 saturated heterocycles. The van der Waals surface area contributed by atoms with E-state index in [9.17, 15) is 14.4 Å². The second kappa shape index (κ2) is 36.7. The molecule has 6 heteroatoms. The van der Waals surface area contributed by atoms with Gasteiger partial charge in [0.1, 0.15) is 13.2 Å². The lowest BCUT2D eigenvalue weighted by atomic mass is 10.0. The van der Waals surface area contributed by atoms with E-state index in [1.165, 1.54) is 122 Å². The second-order valence-electron chi connectivity index (χ2n) is 14.7. The maximum Gasteiger partial charge on any atom is 0.306 e. The molecule has 48 heavy (non-hydrogen) atoms. The summed E-state index contributed by atoms with van der Waals surface area (Å²) in [6.45, 7) is 8.91. The Hall–Kier alpha value is -1.59. The average molecular weight is 681 g/mol. The fourth-order valence-corrected chi connectivity index (χ4v) is 6.10. The summed E-state index contributed by atoms with van der Waals surface area (Å²) in [5, 5.41) is 0. The van der Waals surface area contributed by atoms with Crippen molar-refractivity contribution in [1.82, 2.24) is 0 Å². The minimum atomic E-state index is -0.757. The van der Waals surface area contributed by atoms with Gasteiger partial charge in [0.05, 0.1) is 0 Å². The number of unbranched alkanes of at least 4 members (excludes halogenated alkanes) is 24. The van der Waals surface area contributed by atoms with Gasteiger partial charge in [0.2, 0.25) is 0 Å². The molecule has 0 aliphatic heterocycles. The Morgan fingerprint density at radius 1 is 0.396 bits per heavy atom. The fourth-order valence-electron chi connectivity index (χ4n) is 6.10. The summed E-state index contributed by atoms with van der Waals surface area (Å²) in [5.41, 5.74) is 0. The molecule has 0 aromatic carbocycles. The fraction of sp³-hybridized carbons (Fsp3) is 0.929. The highest BCUT2D eigenvalue weighted by atomic mass is 16.6. The summed E-state index contributed by atoms with van der Waals surface area (Å²) in [7, 11) is 0. The number of carbonyl (C=O) groups is 3. The third kappa shape index (κ3) is 35.7. The van der Waals surface area contributed by atoms with Gasteiger partial charge in [-0.15, -0.1) is 0 Å². The monoisotopic (exact) mass is 681 g/mol. The quantitative estimate of drug-likeness (QED) is 0.0369. The van der Waals surface area contributed by atoms with Gasteiger partial charge in [-0.2, -0.15) is 0 Å². The minimum absolute atomic E-state index is 0.0650. The van der Waals surface area contributed by atoms with Gasteiger partial charge in [-0.3, -0.25) is 14.4 Å². The molecule has 0 aromatic heterocycles. The van der Waals surface area contributed by atoms with Crippen LogP contribution in [0.5, 0.6) is 0 Å². The van der Waals surface area contributed by atoms with E-state index in [0.717, 1.165) is 63.7 Å². The molecule has 0 aliphatic rings. The number of hydrogen-bond acceptors (Lipinski definition) is 6. The summed E-state index contributed by atoms with van der Waals surface area (Å²) < 4.78 is 16.6. The van der Waals surface area contributed by atoms with Gasteiger partial charge in [0.25, 0.3) is 0 Å². The van der Waals surface area contributed by atoms with Crippen LogP contribution in [-0.4, -0.2) is 37.2 Å². The first-order valence-electron chi connectivity index (χ1n) is 20.9. The molecule has 0 rings (SSSR count). The van der Waals surface area contributed by atoms with Crippen molar-refractivity contribution in [2.75, 3.05) is 13.2 Å². The molecule has 0 fully saturated rings. The van der Waals surface area contributed by atoms with Crippen LogP contribution in [0.3, 0.4) is 0 Å². The number of esters is 3. The first kappa shape index (κ1) is 46.4. The van der Waals surface area contributed by atoms with Crippen LogP contribution >= 0.6 is 0 Å². The Labute approximate surface area is 298 Å². The highest BCUT2D eigenvalue weighted by Crippen LogP contribution is 2.15. The van der Waals surface area contributed by atoms with Crippen molar-refractivity contribution in [2.45, 2.75) is 233 Å². The van der Waals surface area contributed by atoms with E-state index >= 15 is 0 Å². The van der Waals surface area contributed by atoms with Crippen LogP contribution in [0.15, 0.2) is 0 Å². The molecular weight excluding hydrogens is 600 g/mol. The predicted molar refractivity (Wildman–Crippen MR) is 201 cm³/mol. The maximum atomic E-state index is 12.6. The maximum absolute atomic E-state index is 12.6. The van der Waals surface area contributed by atoms with Crippen LogP contribution in [0.2, 0.25) is 0 Å². The largest absolute Gasteiger partial charge is 0.462 e. The third-order valence-electron chi connectivity index (χ3n) is 9.29. The van der Waals surface area contributed by atoms with E-state index in [0.29, 0.717) is 19.3 Å². The standard InChI is InChI=1S/C42H80O6/c1-5-7-9-11-13-14-18-23-27-31-35-42(45)48-39(36-46-40(43)33-29-25-20-12-10-8-6-2)37-47-41(44)34-30-26-22-19-16-15-17-21-24-28-32-38(3)4/h38-39H,5-37H2,1-4H3/t39-/m0/s1. The predicted octanol–water partition coefficient (Wildman–Crippen LogP) is 12.8. The minimum Gasteiger partial charge on any atom is -0.462 e. The average Bonchev–Trinajstić information content (AvgIpc) is 3.06. The van der Waals surface area contributed by atoms with Gasteiger partial charge in [0.15, 0.2) is 6.10 Å². The van der Waals surface area contributed by atoms with Crippen molar-refractivity contribution in [2.24, 2.45) is 5.92 Å². The van der Waals surface area contributed by atoms with Gasteiger partial charge in [-0.1, -0.05) is 188 Å². The van der Waals surface area contributed by atoms with E-state index in [4.69, 9.17) is 14.2 Å². The summed E-state index contributed by atoms with van der Waals surface area (Å²) in [5.74, 6) is -0.0491. The van der Waals surface area contributed by atoms with Crippen LogP contribution in [0.1, 0.15) is 227 Å². The molecule has 6 nitrogen and oxygen atoms in total. The molecule has 0 aliphatic carbocycles. The van der Waals surface area contributed by atoms with E-state index in [1.807, 2.05) is 0 Å². The van der Waals surface area contributed by atoms with Crippen molar-refractivity contribution in [3.8, 4) is 0 Å². The van der Waals surface area contributed by atoms with E-state index in [1.54, 1.807) is 0 Å². The molecule has 0 unspecified atom stereocenters. The van der Waals surface area contributed by atoms with Crippen molar-refractivity contribution in [3.05, 3.63) is 0 Å². The van der Waals surface area contributed by atoms with Crippen LogP contribution in [-0.2, 0) is 28.6 Å². The summed E-state index contributed by atoms with van der Waals surface area (Å²) >= 11 is 0. The van der Waals surface area contributed by atoms with E-state index in [2.05, 4.69) is 27.7 Å². The molecule has 0 radical (unpaired) electrons. The number of carbonyl (C=O) groups excluding carboxylic acids is 3. The van der Waals surface area contributed by atoms with Crippen LogP contribution in [0.25, 0.3) is 0 Å². The Balaban J connectivity index is 4.29. The van der Waals surface area contributed by atoms with E-state index in [-0.39, 0.29) is 31.1 Å². The smallest absolute Gasteiger partial charge is 0.306 e. The van der Waals surface area contributed by atoms with Crippen molar-refractivity contribution in [1.29, 1.82) is 0 Å². The number of rotatable bonds is 37. The number of ether oxygens (including phenoxy) is 3. The zero-order valence-corrected chi connectivity index (χ0v) is 32.4. The summed E-state index contributed by atoms with van der Waals surface area (Å²) in [4.78, 5) is 37.4. The lowest BCUT2D eigenvalue weighted by Gasteiger charge is -2.18. The lowest BCUT2D eigenvalue weighted by molar-refractivity contribution is -0.167. The van der Waals surface area contributed by atoms with E-state index < -0.39 is 6.10 Å². The summed E-state index contributed by atoms with van der Waals surface area (Å²) in [6, 6.07) is 0. The molecule has 284 valence electrons. The Morgan fingerprint density at radius 3 is 1.02 bits per heavy atom. The molecule has 0 N–H and O–H groups in total. The second-order valence-corrected chi connectivity index (χ2v) is 14.7. The van der Waals surface area contributed by atoms with Crippen LogP contribution in [0.4, 0.5) is 0 Å². The SMILES string of the molecule is CCCCCCCCCCCCC(=O)O[C@@H](COC(=O)CCCCCCCCC)COC(=O)CCCCCCCCCCCCC(C)C. The van der Waals surface area contributed by atoms with Crippen molar-refractivity contribution >= 4 is 17.9 Å². The Kier molecular flexibility index (Phi) is 35.5. The zero-order valence-electron chi connectivity index (χ0n) is 32.4. The molecule has 0 aromatic rings. The van der Waals surface area contributed by atoms with Crippen LogP contribution in [0, 0.1) is 5.92 Å². The highest BCUT2D eigenvalue weighted by molar-refractivity contribution is 5.71. The molecular formula is C42H80O6. The van der Waals surface area contributed by atoms with Crippen molar-refractivity contribution in [3.63, 3.8) is 0 Å². The molecule has 0 amide bonds. The molecule has 0 saturated carbocycles.